The summed E-state index contributed by atoms with van der Waals surface area (Å²) in [5, 5.41) is 1.02. The molecule has 2 amide bonds. The molecule has 1 atom stereocenters. The van der Waals surface area contributed by atoms with Crippen LogP contribution >= 0.6 is 23.2 Å². The van der Waals surface area contributed by atoms with Crippen molar-refractivity contribution in [2.24, 2.45) is 5.92 Å². The fourth-order valence-corrected chi connectivity index (χ4v) is 5.05. The predicted octanol–water partition coefficient (Wildman–Crippen LogP) is 6.87. The average Bonchev–Trinajstić information content (AvgIpc) is 2.81. The first-order valence-corrected chi connectivity index (χ1v) is 12.7. The molecule has 1 aliphatic heterocycles. The third kappa shape index (κ3) is 6.89. The summed E-state index contributed by atoms with van der Waals surface area (Å²) in [7, 11) is 1.75. The first-order valence-electron chi connectivity index (χ1n) is 11.9. The van der Waals surface area contributed by atoms with E-state index >= 15 is 0 Å². The summed E-state index contributed by atoms with van der Waals surface area (Å²) in [6.07, 6.45) is 0.913. The number of piperidine rings is 1. The Hall–Kier alpha value is -2.31. The Bertz CT molecular complexity index is 1030. The summed E-state index contributed by atoms with van der Waals surface area (Å²) in [5.74, 6) is -0.170. The van der Waals surface area contributed by atoms with E-state index in [1.54, 1.807) is 41.1 Å². The summed E-state index contributed by atoms with van der Waals surface area (Å²) >= 11 is 12.3. The van der Waals surface area contributed by atoms with Gasteiger partial charge in [-0.15, -0.1) is 0 Å². The van der Waals surface area contributed by atoms with Gasteiger partial charge in [-0.3, -0.25) is 4.79 Å². The van der Waals surface area contributed by atoms with Gasteiger partial charge < -0.3 is 14.5 Å². The topological polar surface area (TPSA) is 49.9 Å². The van der Waals surface area contributed by atoms with Gasteiger partial charge in [0.25, 0.3) is 0 Å². The van der Waals surface area contributed by atoms with Crippen molar-refractivity contribution >= 4 is 35.2 Å². The van der Waals surface area contributed by atoms with Gasteiger partial charge in [0.15, 0.2) is 0 Å². The predicted molar refractivity (Wildman–Crippen MR) is 137 cm³/mol. The van der Waals surface area contributed by atoms with Crippen LogP contribution in [-0.4, -0.2) is 48.5 Å². The van der Waals surface area contributed by atoms with Crippen LogP contribution < -0.4 is 0 Å². The molecule has 1 heterocycles. The van der Waals surface area contributed by atoms with E-state index in [1.165, 1.54) is 12.1 Å². The number of carbonyl (C=O) groups excluding carboxylic acids is 2. The Labute approximate surface area is 217 Å². The molecule has 0 N–H and O–H groups in total. The van der Waals surface area contributed by atoms with Crippen LogP contribution in [0.3, 0.4) is 0 Å². The van der Waals surface area contributed by atoms with Crippen molar-refractivity contribution in [3.05, 3.63) is 69.5 Å². The zero-order valence-corrected chi connectivity index (χ0v) is 22.2. The van der Waals surface area contributed by atoms with Crippen molar-refractivity contribution in [3.8, 4) is 0 Å². The van der Waals surface area contributed by atoms with Crippen LogP contribution in [0.5, 0.6) is 0 Å². The second-order valence-electron chi connectivity index (χ2n) is 9.81. The van der Waals surface area contributed by atoms with Gasteiger partial charge in [0.2, 0.25) is 5.91 Å². The van der Waals surface area contributed by atoms with Gasteiger partial charge in [-0.05, 0) is 67.1 Å². The molecule has 2 aromatic rings. The molecule has 8 heteroatoms. The second-order valence-corrected chi connectivity index (χ2v) is 10.7. The molecule has 0 saturated carbocycles. The molecule has 0 spiro atoms. The maximum absolute atomic E-state index is 14.2. The number of benzene rings is 2. The van der Waals surface area contributed by atoms with Crippen molar-refractivity contribution in [1.29, 1.82) is 0 Å². The molecular weight excluding hydrogens is 490 g/mol. The van der Waals surface area contributed by atoms with Gasteiger partial charge in [0, 0.05) is 42.0 Å². The Kier molecular flexibility index (Phi) is 9.05. The van der Waals surface area contributed by atoms with Crippen LogP contribution in [0.4, 0.5) is 9.18 Å². The lowest BCUT2D eigenvalue weighted by Gasteiger charge is -2.42. The van der Waals surface area contributed by atoms with Crippen LogP contribution in [0.2, 0.25) is 10.0 Å². The smallest absolute Gasteiger partial charge is 0.409 e. The van der Waals surface area contributed by atoms with E-state index in [2.05, 4.69) is 0 Å². The number of ether oxygens (including phenoxy) is 1. The van der Waals surface area contributed by atoms with E-state index in [0.717, 1.165) is 11.1 Å². The summed E-state index contributed by atoms with van der Waals surface area (Å²) in [6.45, 7) is 7.12. The standard InChI is InChI=1S/C27H33Cl2FN2O3/c1-18(2)17-35-26(34)32-10-8-27(9-11-32,21-6-5-7-24(30)14-21)16-25(33)31(4)19(3)20-12-22(28)15-23(29)13-20/h5-7,12-15,18-19H,8-11,16-17H2,1-4H3. The molecule has 0 aliphatic carbocycles. The summed E-state index contributed by atoms with van der Waals surface area (Å²) < 4.78 is 19.6. The van der Waals surface area contributed by atoms with Gasteiger partial charge in [-0.1, -0.05) is 49.2 Å². The second kappa shape index (κ2) is 11.6. The number of hydrogen-bond donors (Lipinski definition) is 0. The SMILES string of the molecule is CC(C)COC(=O)N1CCC(CC(=O)N(C)C(C)c2cc(Cl)cc(Cl)c2)(c2cccc(F)c2)CC1. The van der Waals surface area contributed by atoms with E-state index in [9.17, 15) is 14.0 Å². The quantitative estimate of drug-likeness (QED) is 0.398. The molecule has 2 aromatic carbocycles. The number of halogens is 3. The van der Waals surface area contributed by atoms with Crippen LogP contribution in [0, 0.1) is 11.7 Å². The zero-order valence-electron chi connectivity index (χ0n) is 20.7. The Balaban J connectivity index is 1.79. The molecule has 0 radical (unpaired) electrons. The van der Waals surface area contributed by atoms with Crippen LogP contribution in [-0.2, 0) is 14.9 Å². The number of rotatable bonds is 7. The van der Waals surface area contributed by atoms with Gasteiger partial charge >= 0.3 is 6.09 Å². The largest absolute Gasteiger partial charge is 0.449 e. The summed E-state index contributed by atoms with van der Waals surface area (Å²) in [5.41, 5.74) is 1.02. The highest BCUT2D eigenvalue weighted by molar-refractivity contribution is 6.34. The number of hydrogen-bond acceptors (Lipinski definition) is 3. The highest BCUT2D eigenvalue weighted by Gasteiger charge is 2.41. The van der Waals surface area contributed by atoms with Gasteiger partial charge in [0.05, 0.1) is 12.6 Å². The fraction of sp³-hybridized carbons (Fsp3) is 0.481. The minimum absolute atomic E-state index is 0.0753. The maximum atomic E-state index is 14.2. The minimum Gasteiger partial charge on any atom is -0.449 e. The molecule has 3 rings (SSSR count). The van der Waals surface area contributed by atoms with Crippen LogP contribution in [0.15, 0.2) is 42.5 Å². The zero-order chi connectivity index (χ0) is 25.8. The molecule has 1 unspecified atom stereocenters. The Morgan fingerprint density at radius 1 is 1.09 bits per heavy atom. The summed E-state index contributed by atoms with van der Waals surface area (Å²) in [4.78, 5) is 29.3. The minimum atomic E-state index is -0.589. The van der Waals surface area contributed by atoms with Crippen molar-refractivity contribution in [1.82, 2.24) is 9.80 Å². The third-order valence-electron chi connectivity index (χ3n) is 6.79. The molecule has 0 bridgehead atoms. The first-order chi connectivity index (χ1) is 16.5. The number of amides is 2. The van der Waals surface area contributed by atoms with Gasteiger partial charge in [0.1, 0.15) is 5.82 Å². The highest BCUT2D eigenvalue weighted by Crippen LogP contribution is 2.40. The highest BCUT2D eigenvalue weighted by atomic mass is 35.5. The third-order valence-corrected chi connectivity index (χ3v) is 7.22. The van der Waals surface area contributed by atoms with E-state index in [0.29, 0.717) is 42.6 Å². The van der Waals surface area contributed by atoms with Crippen LogP contribution in [0.1, 0.15) is 57.2 Å². The fourth-order valence-electron chi connectivity index (χ4n) is 4.50. The molecule has 190 valence electrons. The van der Waals surface area contributed by atoms with Gasteiger partial charge in [-0.2, -0.15) is 0 Å². The van der Waals surface area contributed by atoms with Crippen molar-refractivity contribution in [2.75, 3.05) is 26.7 Å². The normalized spacial score (nSPS) is 16.2. The van der Waals surface area contributed by atoms with Crippen LogP contribution in [0.25, 0.3) is 0 Å². The molecule has 1 saturated heterocycles. The molecule has 35 heavy (non-hydrogen) atoms. The lowest BCUT2D eigenvalue weighted by Crippen LogP contribution is -2.47. The Morgan fingerprint density at radius 3 is 2.29 bits per heavy atom. The van der Waals surface area contributed by atoms with Crippen molar-refractivity contribution in [2.45, 2.75) is 51.5 Å². The van der Waals surface area contributed by atoms with E-state index in [1.807, 2.05) is 26.8 Å². The molecule has 5 nitrogen and oxygen atoms in total. The van der Waals surface area contributed by atoms with Crippen molar-refractivity contribution < 1.29 is 18.7 Å². The molecule has 1 aliphatic rings. The number of nitrogens with zero attached hydrogens (tertiary/aromatic N) is 2. The maximum Gasteiger partial charge on any atom is 0.409 e. The number of carbonyl (C=O) groups is 2. The molecule has 0 aromatic heterocycles. The van der Waals surface area contributed by atoms with Gasteiger partial charge in [-0.25, -0.2) is 9.18 Å². The Morgan fingerprint density at radius 2 is 1.71 bits per heavy atom. The monoisotopic (exact) mass is 522 g/mol. The van der Waals surface area contributed by atoms with E-state index in [4.69, 9.17) is 27.9 Å². The average molecular weight is 523 g/mol. The summed E-state index contributed by atoms with van der Waals surface area (Å²) in [6, 6.07) is 11.4. The molecule has 1 fully saturated rings. The first kappa shape index (κ1) is 27.3. The molecular formula is C27H33Cl2FN2O3. The lowest BCUT2D eigenvalue weighted by molar-refractivity contribution is -0.133. The van der Waals surface area contributed by atoms with Crippen molar-refractivity contribution in [3.63, 3.8) is 0 Å². The lowest BCUT2D eigenvalue weighted by atomic mass is 9.70. The van der Waals surface area contributed by atoms with E-state index < -0.39 is 5.41 Å². The van der Waals surface area contributed by atoms with E-state index in [-0.39, 0.29) is 36.2 Å². The number of likely N-dealkylation sites (tertiary alicyclic amines) is 1.